The van der Waals surface area contributed by atoms with E-state index in [0.717, 1.165) is 21.3 Å². The van der Waals surface area contributed by atoms with Crippen LogP contribution in [-0.4, -0.2) is 44.7 Å². The van der Waals surface area contributed by atoms with Gasteiger partial charge in [0.1, 0.15) is 0 Å². The van der Waals surface area contributed by atoms with Crippen LogP contribution >= 0.6 is 11.3 Å². The number of benzene rings is 1. The Morgan fingerprint density at radius 2 is 2.35 bits per heavy atom. The van der Waals surface area contributed by atoms with Gasteiger partial charge in [-0.3, -0.25) is 15.2 Å². The largest absolute Gasteiger partial charge is 0.307 e. The SMILES string of the molecule is N#CN1CCCC(F)(C(=O)Nc2nc3ccc(-c4cn[nH]c4)cc3s2)C1. The lowest BCUT2D eigenvalue weighted by Crippen LogP contribution is -2.50. The van der Waals surface area contributed by atoms with E-state index in [0.29, 0.717) is 18.1 Å². The molecule has 3 aromatic rings. The summed E-state index contributed by atoms with van der Waals surface area (Å²) in [5, 5.41) is 18.6. The Labute approximate surface area is 152 Å². The van der Waals surface area contributed by atoms with Gasteiger partial charge in [0.15, 0.2) is 11.3 Å². The number of aromatic amines is 1. The van der Waals surface area contributed by atoms with E-state index in [-0.39, 0.29) is 13.0 Å². The molecule has 0 saturated carbocycles. The lowest BCUT2D eigenvalue weighted by molar-refractivity contribution is -0.130. The molecule has 1 aliphatic heterocycles. The number of H-pyrrole nitrogens is 1. The molecule has 9 heteroatoms. The van der Waals surface area contributed by atoms with Crippen molar-refractivity contribution in [1.82, 2.24) is 20.1 Å². The number of rotatable bonds is 3. The van der Waals surface area contributed by atoms with Crippen LogP contribution in [0.1, 0.15) is 12.8 Å². The van der Waals surface area contributed by atoms with Crippen molar-refractivity contribution in [1.29, 1.82) is 5.26 Å². The molecular weight excluding hydrogens is 355 g/mol. The van der Waals surface area contributed by atoms with E-state index >= 15 is 0 Å². The van der Waals surface area contributed by atoms with Crippen molar-refractivity contribution < 1.29 is 9.18 Å². The van der Waals surface area contributed by atoms with Gasteiger partial charge in [-0.1, -0.05) is 17.4 Å². The highest BCUT2D eigenvalue weighted by molar-refractivity contribution is 7.22. The first-order valence-corrected chi connectivity index (χ1v) is 8.94. The Morgan fingerprint density at radius 1 is 1.46 bits per heavy atom. The highest BCUT2D eigenvalue weighted by Crippen LogP contribution is 2.32. The van der Waals surface area contributed by atoms with Gasteiger partial charge in [0, 0.05) is 18.3 Å². The van der Waals surface area contributed by atoms with Crippen LogP contribution in [0.15, 0.2) is 30.6 Å². The third-order valence-corrected chi connectivity index (χ3v) is 5.36. The van der Waals surface area contributed by atoms with Gasteiger partial charge in [0.2, 0.25) is 5.67 Å². The van der Waals surface area contributed by atoms with Gasteiger partial charge in [-0.2, -0.15) is 10.4 Å². The maximum atomic E-state index is 15.0. The summed E-state index contributed by atoms with van der Waals surface area (Å²) in [4.78, 5) is 18.0. The van der Waals surface area contributed by atoms with E-state index in [4.69, 9.17) is 5.26 Å². The van der Waals surface area contributed by atoms with Crippen molar-refractivity contribution in [3.63, 3.8) is 0 Å². The topological polar surface area (TPSA) is 97.7 Å². The normalized spacial score (nSPS) is 20.1. The molecule has 1 saturated heterocycles. The summed E-state index contributed by atoms with van der Waals surface area (Å²) in [7, 11) is 0. The number of amides is 1. The zero-order chi connectivity index (χ0) is 18.1. The number of nitrogens with zero attached hydrogens (tertiary/aromatic N) is 4. The van der Waals surface area contributed by atoms with Crippen LogP contribution in [0, 0.1) is 11.5 Å². The number of piperidine rings is 1. The van der Waals surface area contributed by atoms with Crippen molar-refractivity contribution in [3.8, 4) is 17.3 Å². The summed E-state index contributed by atoms with van der Waals surface area (Å²) < 4.78 is 15.8. The van der Waals surface area contributed by atoms with Crippen LogP contribution < -0.4 is 5.32 Å². The Hall–Kier alpha value is -2.99. The lowest BCUT2D eigenvalue weighted by atomic mass is 9.94. The third-order valence-electron chi connectivity index (χ3n) is 4.43. The van der Waals surface area contributed by atoms with Gasteiger partial charge in [-0.25, -0.2) is 9.37 Å². The number of carbonyl (C=O) groups is 1. The zero-order valence-corrected chi connectivity index (χ0v) is 14.5. The van der Waals surface area contributed by atoms with Crippen molar-refractivity contribution in [2.45, 2.75) is 18.5 Å². The molecule has 1 amide bonds. The highest BCUT2D eigenvalue weighted by Gasteiger charge is 2.43. The molecular formula is C17H15FN6OS. The predicted molar refractivity (Wildman–Crippen MR) is 96.1 cm³/mol. The summed E-state index contributed by atoms with van der Waals surface area (Å²) >= 11 is 1.29. The number of nitrogens with one attached hydrogen (secondary N) is 2. The summed E-state index contributed by atoms with van der Waals surface area (Å²) in [6.45, 7) is 0.262. The molecule has 2 N–H and O–H groups in total. The van der Waals surface area contributed by atoms with Crippen molar-refractivity contribution in [2.24, 2.45) is 0 Å². The van der Waals surface area contributed by atoms with E-state index in [1.54, 1.807) is 12.4 Å². The summed E-state index contributed by atoms with van der Waals surface area (Å²) in [5.41, 5.74) is 0.583. The maximum absolute atomic E-state index is 15.0. The second kappa shape index (κ2) is 6.38. The molecule has 3 heterocycles. The number of anilines is 1. The van der Waals surface area contributed by atoms with E-state index < -0.39 is 11.6 Å². The van der Waals surface area contributed by atoms with Gasteiger partial charge in [-0.05, 0) is 30.5 Å². The minimum absolute atomic E-state index is 0.104. The number of halogens is 1. The van der Waals surface area contributed by atoms with Crippen molar-refractivity contribution in [3.05, 3.63) is 30.6 Å². The van der Waals surface area contributed by atoms with Crippen LogP contribution in [0.2, 0.25) is 0 Å². The van der Waals surface area contributed by atoms with Crippen molar-refractivity contribution in [2.75, 3.05) is 18.4 Å². The minimum Gasteiger partial charge on any atom is -0.307 e. The number of carbonyl (C=O) groups excluding carboxylic acids is 1. The Morgan fingerprint density at radius 3 is 3.12 bits per heavy atom. The average molecular weight is 370 g/mol. The first-order valence-electron chi connectivity index (χ1n) is 8.12. The Balaban J connectivity index is 1.55. The smallest absolute Gasteiger partial charge is 0.265 e. The molecule has 7 nitrogen and oxygen atoms in total. The summed E-state index contributed by atoms with van der Waals surface area (Å²) in [6, 6.07) is 5.73. The first-order chi connectivity index (χ1) is 12.6. The molecule has 26 heavy (non-hydrogen) atoms. The molecule has 0 spiro atoms. The number of alkyl halides is 1. The van der Waals surface area contributed by atoms with Gasteiger partial charge < -0.3 is 4.90 Å². The fourth-order valence-electron chi connectivity index (χ4n) is 3.06. The second-order valence-corrected chi connectivity index (χ2v) is 7.26. The number of thiazole rings is 1. The van der Waals surface area contributed by atoms with Gasteiger partial charge in [0.25, 0.3) is 5.91 Å². The summed E-state index contributed by atoms with van der Waals surface area (Å²) in [5.74, 6) is -0.744. The number of fused-ring (bicyclic) bond motifs is 1. The number of hydrogen-bond acceptors (Lipinski definition) is 6. The molecule has 132 valence electrons. The Kier molecular flexibility index (Phi) is 4.05. The fraction of sp³-hybridized carbons (Fsp3) is 0.294. The molecule has 4 rings (SSSR count). The number of likely N-dealkylation sites (tertiary alicyclic amines) is 1. The summed E-state index contributed by atoms with van der Waals surface area (Å²) in [6.07, 6.45) is 6.00. The van der Waals surface area contributed by atoms with Crippen molar-refractivity contribution >= 4 is 32.6 Å². The molecule has 1 unspecified atom stereocenters. The van der Waals surface area contributed by atoms with Gasteiger partial charge >= 0.3 is 0 Å². The van der Waals surface area contributed by atoms with Crippen LogP contribution in [0.25, 0.3) is 21.3 Å². The number of nitriles is 1. The van der Waals surface area contributed by atoms with E-state index in [1.807, 2.05) is 24.4 Å². The molecule has 0 aliphatic carbocycles. The standard InChI is InChI=1S/C17H15FN6OS/c18-17(4-1-5-24(9-17)10-19)15(25)23-16-22-13-3-2-11(6-14(13)26-16)12-7-20-21-8-12/h2-3,6-8H,1,4-5,9H2,(H,20,21)(H,22,23,25). The third kappa shape index (κ3) is 2.99. The molecule has 2 aromatic heterocycles. The molecule has 1 fully saturated rings. The molecule has 1 aliphatic rings. The van der Waals surface area contributed by atoms with Gasteiger partial charge in [0.05, 0.1) is 23.0 Å². The van der Waals surface area contributed by atoms with Crippen LogP contribution in [0.3, 0.4) is 0 Å². The molecule has 1 atom stereocenters. The van der Waals surface area contributed by atoms with E-state index in [9.17, 15) is 9.18 Å². The molecule has 1 aromatic carbocycles. The van der Waals surface area contributed by atoms with Crippen LogP contribution in [0.4, 0.5) is 9.52 Å². The average Bonchev–Trinajstić information content (AvgIpc) is 3.30. The lowest BCUT2D eigenvalue weighted by Gasteiger charge is -2.32. The Bertz CT molecular complexity index is 995. The first kappa shape index (κ1) is 16.5. The van der Waals surface area contributed by atoms with E-state index in [1.165, 1.54) is 16.2 Å². The fourth-order valence-corrected chi connectivity index (χ4v) is 3.96. The van der Waals surface area contributed by atoms with Crippen LogP contribution in [-0.2, 0) is 4.79 Å². The zero-order valence-electron chi connectivity index (χ0n) is 13.7. The van der Waals surface area contributed by atoms with E-state index in [2.05, 4.69) is 20.5 Å². The minimum atomic E-state index is -2.08. The number of aromatic nitrogens is 3. The number of hydrogen-bond donors (Lipinski definition) is 2. The van der Waals surface area contributed by atoms with Crippen LogP contribution in [0.5, 0.6) is 0 Å². The predicted octanol–water partition coefficient (Wildman–Crippen LogP) is 2.91. The molecule has 0 bridgehead atoms. The highest BCUT2D eigenvalue weighted by atomic mass is 32.1. The maximum Gasteiger partial charge on any atom is 0.265 e. The quantitative estimate of drug-likeness (QED) is 0.691. The van der Waals surface area contributed by atoms with Gasteiger partial charge in [-0.15, -0.1) is 0 Å². The second-order valence-electron chi connectivity index (χ2n) is 6.23. The molecule has 0 radical (unpaired) electrons. The monoisotopic (exact) mass is 370 g/mol.